The first-order valence-corrected chi connectivity index (χ1v) is 11.8. The van der Waals surface area contributed by atoms with E-state index in [2.05, 4.69) is 62.0 Å². The molecule has 0 bridgehead atoms. The van der Waals surface area contributed by atoms with Crippen molar-refractivity contribution in [1.29, 1.82) is 0 Å². The first-order chi connectivity index (χ1) is 16.5. The Hall–Kier alpha value is -3.71. The number of aromatic nitrogens is 3. The summed E-state index contributed by atoms with van der Waals surface area (Å²) in [6, 6.07) is 22.2. The molecule has 0 amide bonds. The third kappa shape index (κ3) is 4.15. The van der Waals surface area contributed by atoms with Gasteiger partial charge in [0.1, 0.15) is 11.8 Å². The summed E-state index contributed by atoms with van der Waals surface area (Å²) in [5.74, 6) is 0.837. The van der Waals surface area contributed by atoms with E-state index in [4.69, 9.17) is 17.0 Å². The van der Waals surface area contributed by atoms with Crippen molar-refractivity contribution in [2.45, 2.75) is 39.0 Å². The second kappa shape index (κ2) is 9.27. The minimum Gasteiger partial charge on any atom is -0.491 e. The monoisotopic (exact) mass is 469 g/mol. The molecule has 0 unspecified atom stereocenters. The molecule has 6 nitrogen and oxygen atoms in total. The predicted octanol–water partition coefficient (Wildman–Crippen LogP) is 5.54. The van der Waals surface area contributed by atoms with Crippen LogP contribution in [0.1, 0.15) is 43.0 Å². The molecule has 172 valence electrons. The van der Waals surface area contributed by atoms with Gasteiger partial charge in [-0.25, -0.2) is 0 Å². The zero-order valence-electron chi connectivity index (χ0n) is 19.4. The number of benzene rings is 1. The van der Waals surface area contributed by atoms with Gasteiger partial charge in [0, 0.05) is 29.5 Å². The lowest BCUT2D eigenvalue weighted by Gasteiger charge is -2.29. The fraction of sp³-hybridized carbons (Fsp3) is 0.222. The first-order valence-electron chi connectivity index (χ1n) is 11.4. The van der Waals surface area contributed by atoms with Crippen molar-refractivity contribution in [1.82, 2.24) is 19.9 Å². The third-order valence-electron chi connectivity index (χ3n) is 5.90. The Labute approximate surface area is 205 Å². The lowest BCUT2D eigenvalue weighted by Crippen LogP contribution is -2.30. The van der Waals surface area contributed by atoms with Gasteiger partial charge in [-0.15, -0.1) is 0 Å². The smallest absolute Gasteiger partial charge is 0.174 e. The molecule has 0 saturated carbocycles. The fourth-order valence-corrected chi connectivity index (χ4v) is 4.87. The van der Waals surface area contributed by atoms with Crippen molar-refractivity contribution in [2.75, 3.05) is 4.90 Å². The van der Waals surface area contributed by atoms with Crippen molar-refractivity contribution < 1.29 is 4.74 Å². The van der Waals surface area contributed by atoms with Crippen LogP contribution in [-0.4, -0.2) is 25.8 Å². The number of nitrogens with zero attached hydrogens (tertiary/aromatic N) is 4. The van der Waals surface area contributed by atoms with E-state index < -0.39 is 0 Å². The van der Waals surface area contributed by atoms with Crippen LogP contribution in [0, 0.1) is 6.92 Å². The minimum absolute atomic E-state index is 0.117. The highest BCUT2D eigenvalue weighted by Gasteiger charge is 2.42. The van der Waals surface area contributed by atoms with Crippen LogP contribution < -0.4 is 15.0 Å². The number of pyridine rings is 2. The van der Waals surface area contributed by atoms with E-state index in [1.807, 2.05) is 62.6 Å². The predicted molar refractivity (Wildman–Crippen MR) is 138 cm³/mol. The van der Waals surface area contributed by atoms with Gasteiger partial charge in [0.25, 0.3) is 0 Å². The van der Waals surface area contributed by atoms with Crippen LogP contribution in [0.3, 0.4) is 0 Å². The van der Waals surface area contributed by atoms with Crippen molar-refractivity contribution >= 4 is 23.0 Å². The van der Waals surface area contributed by atoms with E-state index in [9.17, 15) is 0 Å². The van der Waals surface area contributed by atoms with E-state index in [0.29, 0.717) is 5.11 Å². The number of thiocarbonyl (C=S) groups is 1. The normalized spacial score (nSPS) is 17.8. The number of rotatable bonds is 6. The van der Waals surface area contributed by atoms with Crippen LogP contribution in [0.2, 0.25) is 0 Å². The Morgan fingerprint density at radius 1 is 0.941 bits per heavy atom. The summed E-state index contributed by atoms with van der Waals surface area (Å²) in [4.78, 5) is 11.2. The molecule has 1 aromatic carbocycles. The van der Waals surface area contributed by atoms with Crippen LogP contribution in [0.5, 0.6) is 5.75 Å². The largest absolute Gasteiger partial charge is 0.491 e. The highest BCUT2D eigenvalue weighted by Crippen LogP contribution is 2.43. The number of hydrogen-bond donors (Lipinski definition) is 1. The maximum absolute atomic E-state index is 5.88. The Morgan fingerprint density at radius 2 is 1.76 bits per heavy atom. The van der Waals surface area contributed by atoms with Gasteiger partial charge in [-0.05, 0) is 93.7 Å². The molecule has 34 heavy (non-hydrogen) atoms. The SMILES string of the molecule is Cc1ccc([C@@H]2[C@H](c3ccccn3)NC(=S)N2c2ccc(OC(C)C)cc2)n1-c1cccnc1. The number of anilines is 1. The van der Waals surface area contributed by atoms with Crippen LogP contribution in [0.4, 0.5) is 5.69 Å². The molecule has 1 aliphatic heterocycles. The van der Waals surface area contributed by atoms with Gasteiger partial charge in [-0.1, -0.05) is 6.07 Å². The minimum atomic E-state index is -0.120. The van der Waals surface area contributed by atoms with Gasteiger partial charge in [-0.2, -0.15) is 0 Å². The quantitative estimate of drug-likeness (QED) is 0.374. The molecule has 3 aromatic heterocycles. The van der Waals surface area contributed by atoms with Gasteiger partial charge < -0.3 is 19.5 Å². The highest BCUT2D eigenvalue weighted by atomic mass is 32.1. The summed E-state index contributed by atoms with van der Waals surface area (Å²) in [6.07, 6.45) is 5.61. The number of hydrogen-bond acceptors (Lipinski definition) is 4. The molecule has 1 N–H and O–H groups in total. The molecular weight excluding hydrogens is 442 g/mol. The van der Waals surface area contributed by atoms with E-state index in [-0.39, 0.29) is 18.2 Å². The molecule has 0 spiro atoms. The molecule has 7 heteroatoms. The van der Waals surface area contributed by atoms with Gasteiger partial charge in [0.15, 0.2) is 5.11 Å². The Morgan fingerprint density at radius 3 is 2.44 bits per heavy atom. The molecular formula is C27H27N5OS. The van der Waals surface area contributed by atoms with E-state index in [1.54, 1.807) is 6.20 Å². The van der Waals surface area contributed by atoms with Gasteiger partial charge in [0.2, 0.25) is 0 Å². The maximum atomic E-state index is 5.88. The average molecular weight is 470 g/mol. The second-order valence-electron chi connectivity index (χ2n) is 8.60. The summed E-state index contributed by atoms with van der Waals surface area (Å²) in [5, 5.41) is 4.20. The molecule has 2 atom stereocenters. The van der Waals surface area contributed by atoms with E-state index >= 15 is 0 Å². The number of nitrogens with one attached hydrogen (secondary N) is 1. The van der Waals surface area contributed by atoms with E-state index in [1.165, 1.54) is 0 Å². The molecule has 1 aliphatic rings. The van der Waals surface area contributed by atoms with Crippen molar-refractivity contribution in [3.05, 3.63) is 102 Å². The second-order valence-corrected chi connectivity index (χ2v) is 8.99. The lowest BCUT2D eigenvalue weighted by atomic mass is 10.0. The average Bonchev–Trinajstić information content (AvgIpc) is 3.39. The third-order valence-corrected chi connectivity index (χ3v) is 6.21. The van der Waals surface area contributed by atoms with Gasteiger partial charge >= 0.3 is 0 Å². The summed E-state index contributed by atoms with van der Waals surface area (Å²) >= 11 is 5.88. The topological polar surface area (TPSA) is 55.2 Å². The molecule has 1 fully saturated rings. The molecule has 1 saturated heterocycles. The molecule has 0 aliphatic carbocycles. The van der Waals surface area contributed by atoms with Crippen LogP contribution in [0.15, 0.2) is 85.3 Å². The highest BCUT2D eigenvalue weighted by molar-refractivity contribution is 7.80. The van der Waals surface area contributed by atoms with Crippen molar-refractivity contribution in [2.24, 2.45) is 0 Å². The fourth-order valence-electron chi connectivity index (χ4n) is 4.52. The molecule has 5 rings (SSSR count). The summed E-state index contributed by atoms with van der Waals surface area (Å²) in [6.45, 7) is 6.15. The molecule has 4 heterocycles. The Bertz CT molecular complexity index is 1270. The van der Waals surface area contributed by atoms with E-state index in [0.717, 1.165) is 34.2 Å². The standard InChI is InChI=1S/C27H27N5OS/c1-18(2)33-22-12-10-20(11-13-22)32-26(25(30-27(32)34)23-8-4-5-16-29-23)24-14-9-19(3)31(24)21-7-6-15-28-17-21/h4-18,25-26H,1-3H3,(H,30,34)/t25-,26+/m0/s1. The molecule has 4 aromatic rings. The van der Waals surface area contributed by atoms with Gasteiger partial charge in [-0.3, -0.25) is 9.97 Å². The van der Waals surface area contributed by atoms with Crippen LogP contribution in [0.25, 0.3) is 5.69 Å². The van der Waals surface area contributed by atoms with Crippen LogP contribution >= 0.6 is 12.2 Å². The zero-order chi connectivity index (χ0) is 23.7. The number of aryl methyl sites for hydroxylation is 1. The van der Waals surface area contributed by atoms with Crippen molar-refractivity contribution in [3.8, 4) is 11.4 Å². The summed E-state index contributed by atoms with van der Waals surface area (Å²) < 4.78 is 8.10. The summed E-state index contributed by atoms with van der Waals surface area (Å²) in [7, 11) is 0. The maximum Gasteiger partial charge on any atom is 0.174 e. The Balaban J connectivity index is 1.63. The van der Waals surface area contributed by atoms with Crippen LogP contribution in [-0.2, 0) is 0 Å². The molecule has 0 radical (unpaired) electrons. The first kappa shape index (κ1) is 22.1. The lowest BCUT2D eigenvalue weighted by molar-refractivity contribution is 0.242. The zero-order valence-corrected chi connectivity index (χ0v) is 20.2. The number of ether oxygens (including phenoxy) is 1. The van der Waals surface area contributed by atoms with Crippen molar-refractivity contribution in [3.63, 3.8) is 0 Å². The Kier molecular flexibility index (Phi) is 6.02. The summed E-state index contributed by atoms with van der Waals surface area (Å²) in [5.41, 5.74) is 5.18. The van der Waals surface area contributed by atoms with Gasteiger partial charge in [0.05, 0.1) is 29.7 Å².